The van der Waals surface area contributed by atoms with E-state index in [0.717, 1.165) is 38.5 Å². The Bertz CT molecular complexity index is 958. The monoisotopic (exact) mass is 847 g/mol. The van der Waals surface area contributed by atoms with E-state index in [1.54, 1.807) is 0 Å². The van der Waals surface area contributed by atoms with Crippen LogP contribution in [-0.4, -0.2) is 74.9 Å². The number of quaternary nitrogens is 1. The van der Waals surface area contributed by atoms with Crippen LogP contribution in [0.2, 0.25) is 0 Å². The summed E-state index contributed by atoms with van der Waals surface area (Å²) in [5, 5.41) is 0. The van der Waals surface area contributed by atoms with Crippen molar-refractivity contribution in [3.8, 4) is 0 Å². The summed E-state index contributed by atoms with van der Waals surface area (Å²) in [5.41, 5.74) is 0. The minimum absolute atomic E-state index is 0.0370. The first kappa shape index (κ1) is 57.0. The van der Waals surface area contributed by atoms with Gasteiger partial charge in [-0.2, -0.15) is 0 Å². The van der Waals surface area contributed by atoms with Gasteiger partial charge in [-0.15, -0.1) is 0 Å². The van der Waals surface area contributed by atoms with Crippen molar-refractivity contribution in [1.82, 2.24) is 0 Å². The molecule has 0 bridgehead atoms. The summed E-state index contributed by atoms with van der Waals surface area (Å²) in [6.45, 7) is 4.47. The molecule has 9 nitrogen and oxygen atoms in total. The zero-order valence-electron chi connectivity index (χ0n) is 39.1. The lowest BCUT2D eigenvalue weighted by molar-refractivity contribution is -0.870. The Morgan fingerprint density at radius 3 is 1.10 bits per heavy atom. The molecule has 0 saturated carbocycles. The van der Waals surface area contributed by atoms with E-state index >= 15 is 0 Å². The first-order chi connectivity index (χ1) is 28.0. The average molecular weight is 847 g/mol. The highest BCUT2D eigenvalue weighted by molar-refractivity contribution is 7.47. The quantitative estimate of drug-likeness (QED) is 0.0279. The van der Waals surface area contributed by atoms with E-state index in [1.165, 1.54) is 180 Å². The molecule has 58 heavy (non-hydrogen) atoms. The molecule has 0 radical (unpaired) electrons. The number of phosphoric acid groups is 1. The van der Waals surface area contributed by atoms with Crippen molar-refractivity contribution >= 4 is 19.8 Å². The van der Waals surface area contributed by atoms with Gasteiger partial charge in [0.05, 0.1) is 27.7 Å². The molecule has 2 atom stereocenters. The Labute approximate surface area is 359 Å². The van der Waals surface area contributed by atoms with Gasteiger partial charge in [0.25, 0.3) is 0 Å². The number of ether oxygens (including phenoxy) is 2. The highest BCUT2D eigenvalue weighted by Crippen LogP contribution is 2.43. The third-order valence-electron chi connectivity index (χ3n) is 11.1. The summed E-state index contributed by atoms with van der Waals surface area (Å²) >= 11 is 0. The number of nitrogens with zero attached hydrogens (tertiary/aromatic N) is 1. The van der Waals surface area contributed by atoms with Crippen molar-refractivity contribution in [2.24, 2.45) is 0 Å². The lowest BCUT2D eigenvalue weighted by atomic mass is 10.0. The summed E-state index contributed by atoms with van der Waals surface area (Å²) < 4.78 is 34.4. The van der Waals surface area contributed by atoms with E-state index in [-0.39, 0.29) is 25.6 Å². The lowest BCUT2D eigenvalue weighted by Gasteiger charge is -2.24. The summed E-state index contributed by atoms with van der Waals surface area (Å²) in [5.74, 6) is -0.780. The number of esters is 2. The van der Waals surface area contributed by atoms with Crippen LogP contribution in [0.4, 0.5) is 0 Å². The molecule has 2 unspecified atom stereocenters. The van der Waals surface area contributed by atoms with Gasteiger partial charge in [0, 0.05) is 12.8 Å². The van der Waals surface area contributed by atoms with Crippen LogP contribution in [0.15, 0.2) is 0 Å². The normalized spacial score (nSPS) is 13.4. The van der Waals surface area contributed by atoms with Gasteiger partial charge in [0.2, 0.25) is 0 Å². The van der Waals surface area contributed by atoms with E-state index in [4.69, 9.17) is 18.5 Å². The van der Waals surface area contributed by atoms with Gasteiger partial charge in [0.1, 0.15) is 19.8 Å². The first-order valence-corrected chi connectivity index (χ1v) is 26.3. The van der Waals surface area contributed by atoms with E-state index in [1.807, 2.05) is 21.1 Å². The van der Waals surface area contributed by atoms with Crippen LogP contribution in [0, 0.1) is 0 Å². The fraction of sp³-hybridized carbons (Fsp3) is 0.958. The Morgan fingerprint density at radius 1 is 0.466 bits per heavy atom. The molecule has 0 aromatic carbocycles. The molecule has 0 fully saturated rings. The Kier molecular flexibility index (Phi) is 40.7. The average Bonchev–Trinajstić information content (AvgIpc) is 3.17. The third kappa shape index (κ3) is 44.6. The van der Waals surface area contributed by atoms with Gasteiger partial charge in [-0.05, 0) is 12.8 Å². The lowest BCUT2D eigenvalue weighted by Crippen LogP contribution is -2.37. The second-order valence-corrected chi connectivity index (χ2v) is 19.7. The van der Waals surface area contributed by atoms with Gasteiger partial charge in [-0.25, -0.2) is 4.57 Å². The summed E-state index contributed by atoms with van der Waals surface area (Å²) in [6, 6.07) is 0. The van der Waals surface area contributed by atoms with Gasteiger partial charge < -0.3 is 18.9 Å². The molecule has 0 aliphatic rings. The van der Waals surface area contributed by atoms with Crippen LogP contribution in [0.25, 0.3) is 0 Å². The Balaban J connectivity index is 4.19. The van der Waals surface area contributed by atoms with Crippen LogP contribution < -0.4 is 0 Å². The number of unbranched alkanes of at least 4 members (excludes halogenated alkanes) is 32. The fourth-order valence-electron chi connectivity index (χ4n) is 7.25. The number of carbonyl (C=O) groups is 2. The smallest absolute Gasteiger partial charge is 0.462 e. The zero-order chi connectivity index (χ0) is 42.8. The van der Waals surface area contributed by atoms with Gasteiger partial charge in [-0.3, -0.25) is 18.6 Å². The molecule has 0 rings (SSSR count). The van der Waals surface area contributed by atoms with Crippen molar-refractivity contribution in [3.05, 3.63) is 0 Å². The van der Waals surface area contributed by atoms with E-state index < -0.39 is 26.5 Å². The van der Waals surface area contributed by atoms with Gasteiger partial charge >= 0.3 is 19.8 Å². The summed E-state index contributed by atoms with van der Waals surface area (Å²) in [7, 11) is 1.50. The van der Waals surface area contributed by atoms with E-state index in [9.17, 15) is 19.0 Å². The van der Waals surface area contributed by atoms with Crippen LogP contribution in [-0.2, 0) is 32.7 Å². The largest absolute Gasteiger partial charge is 0.472 e. The molecule has 0 aromatic rings. The van der Waals surface area contributed by atoms with Crippen LogP contribution in [0.5, 0.6) is 0 Å². The number of phosphoric ester groups is 1. The molecule has 346 valence electrons. The van der Waals surface area contributed by atoms with E-state index in [0.29, 0.717) is 17.4 Å². The molecular weight excluding hydrogens is 750 g/mol. The Morgan fingerprint density at radius 2 is 0.776 bits per heavy atom. The summed E-state index contributed by atoms with van der Waals surface area (Å²) in [6.07, 6.45) is 42.9. The SMILES string of the molecule is CCCCCCCCCCCCCCCCCCCCCCCC(=O)OC(COC(=O)CCCCCCCCCCCCCCC)COP(=O)(O)OCC[N+](C)(C)C. The second-order valence-electron chi connectivity index (χ2n) is 18.2. The molecule has 10 heteroatoms. The maximum Gasteiger partial charge on any atom is 0.472 e. The molecule has 1 N–H and O–H groups in total. The molecule has 0 spiro atoms. The standard InChI is InChI=1S/C48H96NO8P/c1-6-8-10-12-14-16-18-20-21-22-23-24-25-26-27-29-31-33-35-37-39-41-48(51)57-46(45-56-58(52,53)55-43-42-49(3,4)5)44-54-47(50)40-38-36-34-32-30-28-19-17-15-13-11-9-7-2/h46H,6-45H2,1-5H3/p+1. The molecule has 0 amide bonds. The topological polar surface area (TPSA) is 108 Å². The molecule has 0 heterocycles. The van der Waals surface area contributed by atoms with Crippen LogP contribution >= 0.6 is 7.82 Å². The number of hydrogen-bond donors (Lipinski definition) is 1. The number of likely N-dealkylation sites (N-methyl/N-ethyl adjacent to an activating group) is 1. The number of hydrogen-bond acceptors (Lipinski definition) is 7. The fourth-order valence-corrected chi connectivity index (χ4v) is 7.99. The minimum Gasteiger partial charge on any atom is -0.462 e. The zero-order valence-corrected chi connectivity index (χ0v) is 40.0. The van der Waals surface area contributed by atoms with Crippen molar-refractivity contribution in [2.75, 3.05) is 47.5 Å². The molecular formula is C48H97NO8P+. The minimum atomic E-state index is -4.37. The maximum absolute atomic E-state index is 12.7. The predicted octanol–water partition coefficient (Wildman–Crippen LogP) is 14.4. The van der Waals surface area contributed by atoms with Crippen molar-refractivity contribution in [3.63, 3.8) is 0 Å². The molecule has 0 aliphatic heterocycles. The summed E-state index contributed by atoms with van der Waals surface area (Å²) in [4.78, 5) is 35.4. The van der Waals surface area contributed by atoms with Crippen molar-refractivity contribution in [1.29, 1.82) is 0 Å². The number of rotatable bonds is 46. The van der Waals surface area contributed by atoms with Crippen LogP contribution in [0.1, 0.15) is 245 Å². The predicted molar refractivity (Wildman–Crippen MR) is 243 cm³/mol. The maximum atomic E-state index is 12.7. The highest BCUT2D eigenvalue weighted by Gasteiger charge is 2.27. The van der Waals surface area contributed by atoms with Crippen molar-refractivity contribution < 1.29 is 42.1 Å². The third-order valence-corrected chi connectivity index (χ3v) is 12.1. The number of carbonyl (C=O) groups excluding carboxylic acids is 2. The van der Waals surface area contributed by atoms with E-state index in [2.05, 4.69) is 13.8 Å². The molecule has 0 saturated heterocycles. The molecule has 0 aromatic heterocycles. The first-order valence-electron chi connectivity index (χ1n) is 24.8. The second kappa shape index (κ2) is 41.4. The molecule has 0 aliphatic carbocycles. The Hall–Kier alpha value is -0.990. The highest BCUT2D eigenvalue weighted by atomic mass is 31.2. The van der Waals surface area contributed by atoms with Crippen LogP contribution in [0.3, 0.4) is 0 Å². The van der Waals surface area contributed by atoms with Gasteiger partial charge in [-0.1, -0.05) is 219 Å². The van der Waals surface area contributed by atoms with Crippen molar-refractivity contribution in [2.45, 2.75) is 251 Å². The van der Waals surface area contributed by atoms with Gasteiger partial charge in [0.15, 0.2) is 6.10 Å².